The lowest BCUT2D eigenvalue weighted by Gasteiger charge is -2.18. The van der Waals surface area contributed by atoms with Crippen molar-refractivity contribution >= 4 is 206 Å². The maximum absolute atomic E-state index is 9.87. The second-order valence-electron chi connectivity index (χ2n) is 31.8. The Kier molecular flexibility index (Phi) is 7.98. The molecule has 0 aliphatic heterocycles. The summed E-state index contributed by atoms with van der Waals surface area (Å²) in [5.74, 6) is 0. The highest BCUT2D eigenvalue weighted by atomic mass is 16.3. The summed E-state index contributed by atoms with van der Waals surface area (Å²) in [6.45, 7) is 0. The number of furan rings is 3. The predicted molar refractivity (Wildman–Crippen MR) is 618 cm³/mol. The van der Waals surface area contributed by atoms with Crippen LogP contribution in [-0.4, -0.2) is 0 Å². The van der Waals surface area contributed by atoms with E-state index in [4.69, 9.17) is 84.5 Å². The average Bonchev–Trinajstić information content (AvgIpc) is 1.67. The monoisotopic (exact) mass is 1930 g/mol. The van der Waals surface area contributed by atoms with Crippen molar-refractivity contribution in [2.75, 3.05) is 0 Å². The number of hydrogen-bond acceptors (Lipinski definition) is 3. The highest BCUT2D eigenvalue weighted by Gasteiger charge is 2.26. The number of rotatable bonds is 9. The van der Waals surface area contributed by atoms with E-state index in [-0.39, 0.29) is 0 Å². The van der Waals surface area contributed by atoms with E-state index in [0.717, 1.165) is 0 Å². The van der Waals surface area contributed by atoms with E-state index in [9.17, 15) is 46.6 Å². The van der Waals surface area contributed by atoms with Crippen molar-refractivity contribution < 1.29 is 131 Å². The van der Waals surface area contributed by atoms with Crippen LogP contribution in [0.2, 0.25) is 0 Å². The maximum Gasteiger partial charge on any atom is 0.143 e. The lowest BCUT2D eigenvalue weighted by Crippen LogP contribution is -1.91. The van der Waals surface area contributed by atoms with Crippen LogP contribution in [0.15, 0.2) is 533 Å². The summed E-state index contributed by atoms with van der Waals surface area (Å²) in [5, 5.41) is -19.4. The molecule has 145 heavy (non-hydrogen) atoms. The maximum atomic E-state index is 9.87. The molecule has 0 aliphatic rings. The Labute approximate surface area is 955 Å². The summed E-state index contributed by atoms with van der Waals surface area (Å²) in [5.41, 5.74) is -17.6. The molecule has 0 spiro atoms. The molecule has 3 aromatic heterocycles. The Morgan fingerprint density at radius 2 is 0.352 bits per heavy atom. The molecule has 0 bridgehead atoms. The summed E-state index contributed by atoms with van der Waals surface area (Å²) in [4.78, 5) is 0. The zero-order chi connectivity index (χ0) is 170. The molecule has 672 valence electrons. The molecule has 3 nitrogen and oxygen atoms in total. The Hall–Kier alpha value is -19.1. The number of benzene rings is 28. The summed E-state index contributed by atoms with van der Waals surface area (Å²) < 4.78 is 793. The molecular weight excluding hydrogens is 1750 g/mol. The molecule has 31 aromatic rings. The first-order valence-electron chi connectivity index (χ1n) is 86.0. The molecule has 31 rings (SSSR count). The van der Waals surface area contributed by atoms with Crippen molar-refractivity contribution in [1.82, 2.24) is 0 Å². The Bertz CT molecular complexity index is 16200. The van der Waals surface area contributed by atoms with Crippen molar-refractivity contribution in [2.24, 2.45) is 0 Å². The Morgan fingerprint density at radius 3 is 0.717 bits per heavy atom. The molecule has 3 heterocycles. The van der Waals surface area contributed by atoms with Crippen molar-refractivity contribution in [1.29, 1.82) is 0 Å². The van der Waals surface area contributed by atoms with Gasteiger partial charge in [0.2, 0.25) is 0 Å². The van der Waals surface area contributed by atoms with Crippen LogP contribution in [0.25, 0.3) is 306 Å². The molecule has 0 aliphatic carbocycles. The van der Waals surface area contributed by atoms with Crippen LogP contribution in [0.3, 0.4) is 0 Å². The van der Waals surface area contributed by atoms with Crippen LogP contribution >= 0.6 is 0 Å². The van der Waals surface area contributed by atoms with E-state index in [0.29, 0.717) is 0 Å². The highest BCUT2D eigenvalue weighted by Crippen LogP contribution is 2.52. The number of fused-ring (bicyclic) bond motifs is 26. The standard InChI is InChI=1S/C50H30O.2C46H28O/c1-4-14-37-31(11-1)25-27-44-46-30-35(26-28-47(46)51-50(37)44)49-42-19-9-7-17-40(42)48(41-18-8-10-20-43(41)49)33-23-21-32(22-24-33)45-29-34-12-2-3-13-36(34)38-15-5-6-16-39(38)45;1-3-13-34-29(10-1)12-9-19-35(34)31-20-22-32(23-21-31)44-37-15-5-7-17-39(37)45(40-18-8-6-16-38(40)44)33-25-27-43-42(28-33)41-26-24-30-11-2-4-14-36(30)46(41)47-43;1-2-11-33-27-34(22-19-29(33)9-1)30-17-20-32(21-18-30)44-37-13-5-7-15-39(37)45(40-16-8-6-14-38(40)44)35-24-26-43-42(28-35)41-25-23-31-10-3-4-12-36(31)46(41)47-43/h1-30H;2*1-28H/i1D,2D,3D,4D,5D,6D,7D,8D,9D,10D,11D,12D,13D,14D,15D,16D,17D,18D,19D,20D,21D,22D,23D,24D,25D,26D,27D,28D,29D,30D;2*1D,2D,3D,4D,5D,6D,7D,8D,9D,10D,11D,12D,13D,14D,15D,16D,17D,18D,19D,20D,21D,22D,23D,24D,25D,26D,27D,28D. The van der Waals surface area contributed by atoms with Crippen molar-refractivity contribution in [2.45, 2.75) is 0 Å². The van der Waals surface area contributed by atoms with E-state index >= 15 is 0 Å². The van der Waals surface area contributed by atoms with Gasteiger partial charge in [-0.15, -0.1) is 0 Å². The lowest BCUT2D eigenvalue weighted by molar-refractivity contribution is 0.672. The largest absolute Gasteiger partial charge is 0.455 e. The Balaban J connectivity index is 0.000000145. The van der Waals surface area contributed by atoms with E-state index in [1.165, 1.54) is 0 Å². The zero-order valence-electron chi connectivity index (χ0n) is 158. The Morgan fingerprint density at radius 1 is 0.110 bits per heavy atom. The van der Waals surface area contributed by atoms with Gasteiger partial charge in [0, 0.05) is 48.5 Å². The van der Waals surface area contributed by atoms with Crippen LogP contribution < -0.4 is 0 Å². The molecule has 0 radical (unpaired) electrons. The highest BCUT2D eigenvalue weighted by molar-refractivity contribution is 6.28. The van der Waals surface area contributed by atoms with E-state index < -0.39 is 826 Å². The van der Waals surface area contributed by atoms with E-state index in [1.807, 2.05) is 0 Å². The second-order valence-corrected chi connectivity index (χ2v) is 31.8. The number of hydrogen-bond donors (Lipinski definition) is 0. The molecule has 0 atom stereocenters. The van der Waals surface area contributed by atoms with Gasteiger partial charge in [-0.05, 0) is 290 Å². The first-order valence-corrected chi connectivity index (χ1v) is 43.0. The topological polar surface area (TPSA) is 39.4 Å². The van der Waals surface area contributed by atoms with Gasteiger partial charge in [0.15, 0.2) is 0 Å². The minimum atomic E-state index is -1.15. The molecule has 0 saturated carbocycles. The van der Waals surface area contributed by atoms with Crippen LogP contribution in [0, 0.1) is 0 Å². The van der Waals surface area contributed by atoms with Gasteiger partial charge in [0.05, 0.1) is 118 Å². The minimum absolute atomic E-state index is 0.416. The lowest BCUT2D eigenvalue weighted by atomic mass is 9.85. The smallest absolute Gasteiger partial charge is 0.143 e. The molecule has 0 amide bonds. The van der Waals surface area contributed by atoms with Gasteiger partial charge < -0.3 is 13.3 Å². The SMILES string of the molecule is [2H]c1c([2H])c(-c2c([2H])c3c([2H])c([2H])c([2H])c([2H])c3c3c([2H])c([2H])c([2H])c([2H])c23)c([2H])c([2H])c1-c1c2c([2H])c([2H])c([2H])c([2H])c2c(-c2c([2H])c([2H])c3oc4c5c([2H])c([2H])c([2H])c([2H])c5c([2H])c([2H])c4c3c2[2H])c2c([2H])c([2H])c([2H])c([2H])c12.[2H]c1c([2H])c(-c2c3c([2H])c([2H])c([2H])c([2H])c3c(-c3c([2H])c([2H])c4oc5c6c([2H])c([2H])c([2H])c([2H])c6c([2H])c([2H])c5c4c3[2H])c3c([2H])c([2H])c([2H])c([2H])c23)c([2H])c([2H])c1-c1c([2H])c([2H])c([2H])c2c([2H])c([2H])c([2H])c([2H])c12.[2H]c1c([2H])c(-c2c3c([2H])c([2H])c([2H])c([2H])c3c(-c3c([2H])c([2H])c4oc5c6c([2H])c([2H])c([2H])c([2H])c6c([2H])c([2H])c5c4c3[2H])c3c([2H])c([2H])c([2H])c([2H])c23)c([2H])c([2H])c1-c1c([2H])c([2H])c2c([2H])c([2H])c([2H])c([2H])c2c1[2H]. The fraction of sp³-hybridized carbons (Fsp3) is 0. The van der Waals surface area contributed by atoms with E-state index in [2.05, 4.69) is 0 Å². The summed E-state index contributed by atoms with van der Waals surface area (Å²) in [7, 11) is 0. The van der Waals surface area contributed by atoms with Crippen LogP contribution in [0.1, 0.15) is 118 Å². The van der Waals surface area contributed by atoms with Gasteiger partial charge in [-0.1, -0.05) is 453 Å². The second kappa shape index (κ2) is 33.9. The molecule has 0 N–H and O–H groups in total. The molecular formula is C142H86O3. The van der Waals surface area contributed by atoms with Gasteiger partial charge in [-0.25, -0.2) is 0 Å². The molecule has 0 saturated heterocycles. The average molecular weight is 1930 g/mol. The quantitative estimate of drug-likeness (QED) is 0.107. The third kappa shape index (κ3) is 13.7. The molecule has 3 heteroatoms. The van der Waals surface area contributed by atoms with Gasteiger partial charge in [-0.3, -0.25) is 0 Å². The van der Waals surface area contributed by atoms with Gasteiger partial charge in [0.1, 0.15) is 33.5 Å². The van der Waals surface area contributed by atoms with Crippen LogP contribution in [0.4, 0.5) is 0 Å². The summed E-state index contributed by atoms with van der Waals surface area (Å²) >= 11 is 0. The van der Waals surface area contributed by atoms with Crippen molar-refractivity contribution in [3.63, 3.8) is 0 Å². The van der Waals surface area contributed by atoms with Crippen LogP contribution in [0.5, 0.6) is 0 Å². The first kappa shape index (κ1) is 34.1. The normalized spacial score (nSPS) is 20.2. The summed E-state index contributed by atoms with van der Waals surface area (Å²) in [6, 6.07) is -78.9. The van der Waals surface area contributed by atoms with Gasteiger partial charge >= 0.3 is 0 Å². The fourth-order valence-corrected chi connectivity index (χ4v) is 17.7. The van der Waals surface area contributed by atoms with Gasteiger partial charge in [0.25, 0.3) is 0 Å². The predicted octanol–water partition coefficient (Wildman–Crippen LogP) is 40.8. The zero-order valence-corrected chi connectivity index (χ0v) is 72.2. The molecule has 0 fully saturated rings. The van der Waals surface area contributed by atoms with Crippen molar-refractivity contribution in [3.8, 4) is 100 Å². The van der Waals surface area contributed by atoms with Crippen molar-refractivity contribution in [3.05, 3.63) is 520 Å². The minimum Gasteiger partial charge on any atom is -0.455 e. The fourth-order valence-electron chi connectivity index (χ4n) is 17.7. The molecule has 28 aromatic carbocycles. The summed E-state index contributed by atoms with van der Waals surface area (Å²) in [6.07, 6.45) is 0. The third-order valence-corrected chi connectivity index (χ3v) is 24.0. The third-order valence-electron chi connectivity index (χ3n) is 24.0. The van der Waals surface area contributed by atoms with Crippen LogP contribution in [-0.2, 0) is 0 Å². The van der Waals surface area contributed by atoms with Gasteiger partial charge in [-0.2, -0.15) is 0 Å². The molecule has 0 unspecified atom stereocenters. The van der Waals surface area contributed by atoms with E-state index in [1.54, 1.807) is 0 Å². The first-order chi connectivity index (χ1) is 108.